The molecule has 0 bridgehead atoms. The first-order chi connectivity index (χ1) is 12.2. The summed E-state index contributed by atoms with van der Waals surface area (Å²) in [6, 6.07) is 0. The Labute approximate surface area is 150 Å². The largest absolute Gasteiger partial charge is 0.396 e. The quantitative estimate of drug-likeness (QED) is 0.744. The SMILES string of the molecule is O=C(NCCN1CCCC(CO)C1)C1CCN(C(=O)C2CCC2)CC1. The van der Waals surface area contributed by atoms with Gasteiger partial charge in [-0.1, -0.05) is 6.42 Å². The van der Waals surface area contributed by atoms with Gasteiger partial charge < -0.3 is 20.2 Å². The maximum absolute atomic E-state index is 12.4. The van der Waals surface area contributed by atoms with Gasteiger partial charge in [0.15, 0.2) is 0 Å². The highest BCUT2D eigenvalue weighted by molar-refractivity contribution is 5.81. The Morgan fingerprint density at radius 3 is 2.36 bits per heavy atom. The number of aliphatic hydroxyl groups excluding tert-OH is 1. The molecule has 0 aromatic rings. The molecule has 6 heteroatoms. The van der Waals surface area contributed by atoms with Gasteiger partial charge in [-0.25, -0.2) is 0 Å². The summed E-state index contributed by atoms with van der Waals surface area (Å²) in [7, 11) is 0. The van der Waals surface area contributed by atoms with Gasteiger partial charge in [-0.05, 0) is 51.0 Å². The topological polar surface area (TPSA) is 72.9 Å². The van der Waals surface area contributed by atoms with E-state index in [0.717, 1.165) is 71.2 Å². The van der Waals surface area contributed by atoms with Crippen molar-refractivity contribution in [3.63, 3.8) is 0 Å². The number of nitrogens with zero attached hydrogens (tertiary/aromatic N) is 2. The van der Waals surface area contributed by atoms with Gasteiger partial charge in [0.25, 0.3) is 0 Å². The van der Waals surface area contributed by atoms with E-state index in [4.69, 9.17) is 0 Å². The summed E-state index contributed by atoms with van der Waals surface area (Å²) in [6.07, 6.45) is 7.11. The lowest BCUT2D eigenvalue weighted by Gasteiger charge is -2.36. The molecule has 3 rings (SSSR count). The molecule has 2 saturated heterocycles. The minimum atomic E-state index is 0.0528. The number of amides is 2. The molecule has 3 fully saturated rings. The fraction of sp³-hybridized carbons (Fsp3) is 0.895. The first kappa shape index (κ1) is 18.6. The fourth-order valence-corrected chi connectivity index (χ4v) is 4.26. The van der Waals surface area contributed by atoms with Crippen LogP contribution in [0.25, 0.3) is 0 Å². The van der Waals surface area contributed by atoms with Gasteiger partial charge >= 0.3 is 0 Å². The van der Waals surface area contributed by atoms with E-state index in [1.165, 1.54) is 6.42 Å². The van der Waals surface area contributed by atoms with Crippen LogP contribution in [0.2, 0.25) is 0 Å². The number of carbonyl (C=O) groups is 2. The lowest BCUT2D eigenvalue weighted by Crippen LogP contribution is -2.47. The maximum atomic E-state index is 12.4. The third-order valence-electron chi connectivity index (χ3n) is 6.22. The molecule has 142 valence electrons. The Hall–Kier alpha value is -1.14. The molecule has 1 aliphatic carbocycles. The normalized spacial score (nSPS) is 26.3. The van der Waals surface area contributed by atoms with Crippen molar-refractivity contribution in [2.75, 3.05) is 45.9 Å². The van der Waals surface area contributed by atoms with Crippen molar-refractivity contribution in [2.24, 2.45) is 17.8 Å². The summed E-state index contributed by atoms with van der Waals surface area (Å²) < 4.78 is 0. The average Bonchev–Trinajstić information content (AvgIpc) is 2.60. The van der Waals surface area contributed by atoms with Crippen LogP contribution in [0.5, 0.6) is 0 Å². The van der Waals surface area contributed by atoms with E-state index in [9.17, 15) is 14.7 Å². The van der Waals surface area contributed by atoms with E-state index in [1.807, 2.05) is 4.90 Å². The number of hydrogen-bond acceptors (Lipinski definition) is 4. The Balaban J connectivity index is 1.32. The Bertz CT molecular complexity index is 459. The molecule has 6 nitrogen and oxygen atoms in total. The standard InChI is InChI=1S/C19H33N3O3/c23-14-15-3-2-9-21(13-15)12-8-20-18(24)16-6-10-22(11-7-16)19(25)17-4-1-5-17/h15-17,23H,1-14H2,(H,20,24). The molecule has 2 amide bonds. The van der Waals surface area contributed by atoms with Crippen molar-refractivity contribution in [1.29, 1.82) is 0 Å². The van der Waals surface area contributed by atoms with Crippen molar-refractivity contribution in [1.82, 2.24) is 15.1 Å². The van der Waals surface area contributed by atoms with Crippen molar-refractivity contribution < 1.29 is 14.7 Å². The highest BCUT2D eigenvalue weighted by Crippen LogP contribution is 2.30. The van der Waals surface area contributed by atoms with Gasteiger partial charge in [0.05, 0.1) is 0 Å². The molecule has 2 heterocycles. The van der Waals surface area contributed by atoms with E-state index < -0.39 is 0 Å². The van der Waals surface area contributed by atoms with Gasteiger partial charge in [0, 0.05) is 51.2 Å². The third kappa shape index (κ3) is 4.94. The molecule has 0 spiro atoms. The molecular weight excluding hydrogens is 318 g/mol. The van der Waals surface area contributed by atoms with Gasteiger partial charge in [0.2, 0.25) is 11.8 Å². The number of carbonyl (C=O) groups excluding carboxylic acids is 2. The molecule has 2 aliphatic heterocycles. The molecule has 1 atom stereocenters. The van der Waals surface area contributed by atoms with Crippen LogP contribution < -0.4 is 5.32 Å². The van der Waals surface area contributed by atoms with E-state index in [1.54, 1.807) is 0 Å². The first-order valence-electron chi connectivity index (χ1n) is 10.1. The molecule has 0 aromatic heterocycles. The second-order valence-corrected chi connectivity index (χ2v) is 8.01. The number of likely N-dealkylation sites (tertiary alicyclic amines) is 2. The molecular formula is C19H33N3O3. The zero-order chi connectivity index (χ0) is 17.6. The minimum Gasteiger partial charge on any atom is -0.396 e. The molecule has 0 aromatic carbocycles. The lowest BCUT2D eigenvalue weighted by molar-refractivity contribution is -0.141. The number of nitrogens with one attached hydrogen (secondary N) is 1. The number of aliphatic hydroxyl groups is 1. The highest BCUT2D eigenvalue weighted by Gasteiger charge is 2.33. The van der Waals surface area contributed by atoms with Crippen molar-refractivity contribution >= 4 is 11.8 Å². The second kappa shape index (κ2) is 8.99. The third-order valence-corrected chi connectivity index (χ3v) is 6.22. The summed E-state index contributed by atoms with van der Waals surface area (Å²) in [5.41, 5.74) is 0. The van der Waals surface area contributed by atoms with Crippen molar-refractivity contribution in [3.8, 4) is 0 Å². The summed E-state index contributed by atoms with van der Waals surface area (Å²) >= 11 is 0. The van der Waals surface area contributed by atoms with Crippen molar-refractivity contribution in [2.45, 2.75) is 44.9 Å². The molecule has 3 aliphatic rings. The zero-order valence-corrected chi connectivity index (χ0v) is 15.3. The Kier molecular flexibility index (Phi) is 6.70. The Morgan fingerprint density at radius 1 is 0.960 bits per heavy atom. The maximum Gasteiger partial charge on any atom is 0.225 e. The van der Waals surface area contributed by atoms with E-state index in [-0.39, 0.29) is 24.3 Å². The van der Waals surface area contributed by atoms with Crippen LogP contribution in [0.3, 0.4) is 0 Å². The monoisotopic (exact) mass is 351 g/mol. The van der Waals surface area contributed by atoms with Gasteiger partial charge in [-0.2, -0.15) is 0 Å². The van der Waals surface area contributed by atoms with Crippen LogP contribution in [-0.4, -0.2) is 72.6 Å². The number of piperidine rings is 2. The van der Waals surface area contributed by atoms with Crippen LogP contribution in [-0.2, 0) is 9.59 Å². The van der Waals surface area contributed by atoms with E-state index >= 15 is 0 Å². The second-order valence-electron chi connectivity index (χ2n) is 8.01. The smallest absolute Gasteiger partial charge is 0.225 e. The lowest BCUT2D eigenvalue weighted by atomic mass is 9.83. The Morgan fingerprint density at radius 2 is 1.72 bits per heavy atom. The fourth-order valence-electron chi connectivity index (χ4n) is 4.26. The van der Waals surface area contributed by atoms with Gasteiger partial charge in [-0.3, -0.25) is 9.59 Å². The van der Waals surface area contributed by atoms with Crippen LogP contribution in [0, 0.1) is 17.8 Å². The molecule has 1 saturated carbocycles. The molecule has 25 heavy (non-hydrogen) atoms. The van der Waals surface area contributed by atoms with E-state index in [2.05, 4.69) is 10.2 Å². The first-order valence-corrected chi connectivity index (χ1v) is 10.1. The highest BCUT2D eigenvalue weighted by atomic mass is 16.3. The molecule has 1 unspecified atom stereocenters. The average molecular weight is 351 g/mol. The van der Waals surface area contributed by atoms with Gasteiger partial charge in [-0.15, -0.1) is 0 Å². The summed E-state index contributed by atoms with van der Waals surface area (Å²) in [5.74, 6) is 1.16. The number of rotatable bonds is 6. The predicted molar refractivity (Wildman–Crippen MR) is 95.9 cm³/mol. The summed E-state index contributed by atoms with van der Waals surface area (Å²) in [4.78, 5) is 28.9. The van der Waals surface area contributed by atoms with Crippen LogP contribution in [0.4, 0.5) is 0 Å². The zero-order valence-electron chi connectivity index (χ0n) is 15.3. The van der Waals surface area contributed by atoms with Crippen LogP contribution >= 0.6 is 0 Å². The summed E-state index contributed by atoms with van der Waals surface area (Å²) in [6.45, 7) is 5.28. The molecule has 2 N–H and O–H groups in total. The van der Waals surface area contributed by atoms with Crippen LogP contribution in [0.15, 0.2) is 0 Å². The molecule has 0 radical (unpaired) electrons. The van der Waals surface area contributed by atoms with E-state index in [0.29, 0.717) is 18.4 Å². The predicted octanol–water partition coefficient (Wildman–Crippen LogP) is 0.846. The summed E-state index contributed by atoms with van der Waals surface area (Å²) in [5, 5.41) is 12.4. The number of hydrogen-bond donors (Lipinski definition) is 2. The minimum absolute atomic E-state index is 0.0528. The van der Waals surface area contributed by atoms with Gasteiger partial charge in [0.1, 0.15) is 0 Å². The van der Waals surface area contributed by atoms with Crippen LogP contribution in [0.1, 0.15) is 44.9 Å². The van der Waals surface area contributed by atoms with Crippen molar-refractivity contribution in [3.05, 3.63) is 0 Å².